The van der Waals surface area contributed by atoms with Crippen molar-refractivity contribution in [2.75, 3.05) is 0 Å². The fourth-order valence-electron chi connectivity index (χ4n) is 1.32. The Morgan fingerprint density at radius 1 is 1.50 bits per heavy atom. The normalized spacial score (nSPS) is 14.1. The molecule has 0 fully saturated rings. The lowest BCUT2D eigenvalue weighted by atomic mass is 10.1. The summed E-state index contributed by atoms with van der Waals surface area (Å²) in [7, 11) is 0. The van der Waals surface area contributed by atoms with Gasteiger partial charge in [-0.2, -0.15) is 13.2 Å². The molecule has 1 aromatic rings. The van der Waals surface area contributed by atoms with Gasteiger partial charge in [-0.05, 0) is 24.4 Å². The van der Waals surface area contributed by atoms with Crippen LogP contribution >= 0.6 is 11.5 Å². The molecule has 1 aromatic heterocycles. The van der Waals surface area contributed by atoms with Crippen molar-refractivity contribution in [2.24, 2.45) is 5.84 Å². The van der Waals surface area contributed by atoms with Crippen LogP contribution in [-0.2, 0) is 6.42 Å². The van der Waals surface area contributed by atoms with Gasteiger partial charge in [0.15, 0.2) is 0 Å². The van der Waals surface area contributed by atoms with Crippen molar-refractivity contribution in [1.82, 2.24) is 15.0 Å². The fraction of sp³-hybridized carbons (Fsp3) is 0.750. The first-order valence-electron chi connectivity index (χ1n) is 4.82. The van der Waals surface area contributed by atoms with E-state index in [4.69, 9.17) is 5.84 Å². The van der Waals surface area contributed by atoms with Gasteiger partial charge < -0.3 is 0 Å². The molecule has 0 amide bonds. The molecular weight excluding hydrogens is 241 g/mol. The Hall–Kier alpha value is -0.730. The minimum atomic E-state index is -4.17. The Morgan fingerprint density at radius 3 is 2.69 bits per heavy atom. The summed E-state index contributed by atoms with van der Waals surface area (Å²) in [5.41, 5.74) is 3.09. The number of hydrogen-bond donors (Lipinski definition) is 2. The summed E-state index contributed by atoms with van der Waals surface area (Å²) in [4.78, 5) is 0.689. The van der Waals surface area contributed by atoms with Gasteiger partial charge in [-0.3, -0.25) is 11.3 Å². The number of rotatable bonds is 5. The zero-order valence-corrected chi connectivity index (χ0v) is 9.53. The van der Waals surface area contributed by atoms with E-state index in [0.717, 1.165) is 11.5 Å². The lowest BCUT2D eigenvalue weighted by molar-refractivity contribution is -0.136. The number of hydrazine groups is 1. The van der Waals surface area contributed by atoms with E-state index in [-0.39, 0.29) is 6.42 Å². The average molecular weight is 254 g/mol. The second-order valence-corrected chi connectivity index (χ2v) is 4.10. The summed E-state index contributed by atoms with van der Waals surface area (Å²) >= 11 is 1.09. The highest BCUT2D eigenvalue weighted by atomic mass is 32.1. The summed E-state index contributed by atoms with van der Waals surface area (Å²) in [5.74, 6) is 5.25. The number of halogens is 3. The van der Waals surface area contributed by atoms with Crippen LogP contribution in [-0.4, -0.2) is 15.8 Å². The molecule has 0 aliphatic carbocycles. The van der Waals surface area contributed by atoms with Crippen LogP contribution in [0.15, 0.2) is 0 Å². The minimum absolute atomic E-state index is 0.100. The maximum Gasteiger partial charge on any atom is 0.389 e. The van der Waals surface area contributed by atoms with Crippen molar-refractivity contribution in [2.45, 2.75) is 38.4 Å². The maximum atomic E-state index is 12.1. The molecule has 8 heteroatoms. The Labute approximate surface area is 95.2 Å². The minimum Gasteiger partial charge on any atom is -0.271 e. The van der Waals surface area contributed by atoms with Gasteiger partial charge in [0.2, 0.25) is 0 Å². The first kappa shape index (κ1) is 13.3. The molecule has 16 heavy (non-hydrogen) atoms. The Morgan fingerprint density at radius 2 is 2.19 bits per heavy atom. The van der Waals surface area contributed by atoms with E-state index in [1.807, 2.05) is 6.92 Å². The molecule has 0 saturated carbocycles. The quantitative estimate of drug-likeness (QED) is 0.622. The molecule has 0 spiro atoms. The third-order valence-electron chi connectivity index (χ3n) is 2.15. The van der Waals surface area contributed by atoms with Crippen LogP contribution in [0.3, 0.4) is 0 Å². The van der Waals surface area contributed by atoms with Gasteiger partial charge >= 0.3 is 6.18 Å². The van der Waals surface area contributed by atoms with Crippen LogP contribution in [0.25, 0.3) is 0 Å². The lowest BCUT2D eigenvalue weighted by Crippen LogP contribution is -2.29. The molecule has 1 atom stereocenters. The topological polar surface area (TPSA) is 63.8 Å². The molecule has 0 bridgehead atoms. The van der Waals surface area contributed by atoms with Gasteiger partial charge in [0, 0.05) is 6.42 Å². The lowest BCUT2D eigenvalue weighted by Gasteiger charge is -2.15. The number of aromatic nitrogens is 2. The van der Waals surface area contributed by atoms with Gasteiger partial charge in [-0.25, -0.2) is 0 Å². The predicted molar refractivity (Wildman–Crippen MR) is 54.6 cm³/mol. The standard InChI is InChI=1S/C8H13F3N4S/c1-2-5-7(16-15-14-5)6(13-12)3-4-8(9,10)11/h6,13H,2-4,12H2,1H3. The number of nitrogens with two attached hydrogens (primary N) is 1. The molecular formula is C8H13F3N4S. The van der Waals surface area contributed by atoms with E-state index in [2.05, 4.69) is 15.0 Å². The van der Waals surface area contributed by atoms with E-state index in [1.54, 1.807) is 0 Å². The smallest absolute Gasteiger partial charge is 0.271 e. The number of alkyl halides is 3. The van der Waals surface area contributed by atoms with Crippen LogP contribution in [0.4, 0.5) is 13.2 Å². The van der Waals surface area contributed by atoms with Crippen LogP contribution in [0.1, 0.15) is 36.4 Å². The molecule has 92 valence electrons. The van der Waals surface area contributed by atoms with Gasteiger partial charge in [0.1, 0.15) is 0 Å². The van der Waals surface area contributed by atoms with Crippen molar-refractivity contribution < 1.29 is 13.2 Å². The molecule has 4 nitrogen and oxygen atoms in total. The first-order valence-corrected chi connectivity index (χ1v) is 5.59. The van der Waals surface area contributed by atoms with Gasteiger partial charge in [-0.15, -0.1) is 5.10 Å². The molecule has 1 heterocycles. The number of nitrogens with one attached hydrogen (secondary N) is 1. The fourth-order valence-corrected chi connectivity index (χ4v) is 2.15. The zero-order chi connectivity index (χ0) is 12.2. The molecule has 0 aliphatic rings. The largest absolute Gasteiger partial charge is 0.389 e. The van der Waals surface area contributed by atoms with E-state index >= 15 is 0 Å². The van der Waals surface area contributed by atoms with E-state index < -0.39 is 18.6 Å². The third kappa shape index (κ3) is 3.69. The molecule has 1 rings (SSSR count). The van der Waals surface area contributed by atoms with Crippen LogP contribution in [0.2, 0.25) is 0 Å². The number of nitrogens with zero attached hydrogens (tertiary/aromatic N) is 2. The van der Waals surface area contributed by atoms with Crippen LogP contribution < -0.4 is 11.3 Å². The van der Waals surface area contributed by atoms with Gasteiger partial charge in [0.25, 0.3) is 0 Å². The second kappa shape index (κ2) is 5.55. The van der Waals surface area contributed by atoms with Crippen LogP contribution in [0, 0.1) is 0 Å². The molecule has 1 unspecified atom stereocenters. The Bertz CT molecular complexity index is 325. The molecule has 0 saturated heterocycles. The first-order chi connectivity index (χ1) is 7.48. The zero-order valence-electron chi connectivity index (χ0n) is 8.71. The maximum absolute atomic E-state index is 12.1. The number of hydrogen-bond acceptors (Lipinski definition) is 5. The summed E-state index contributed by atoms with van der Waals surface area (Å²) < 4.78 is 40.0. The summed E-state index contributed by atoms with van der Waals surface area (Å²) in [5, 5.41) is 3.84. The summed E-state index contributed by atoms with van der Waals surface area (Å²) in [6.07, 6.45) is -4.50. The third-order valence-corrected chi connectivity index (χ3v) is 3.03. The SMILES string of the molecule is CCc1nnsc1C(CCC(F)(F)F)NN. The highest BCUT2D eigenvalue weighted by Crippen LogP contribution is 2.29. The van der Waals surface area contributed by atoms with Crippen molar-refractivity contribution in [3.8, 4) is 0 Å². The molecule has 0 radical (unpaired) electrons. The van der Waals surface area contributed by atoms with E-state index in [9.17, 15) is 13.2 Å². The van der Waals surface area contributed by atoms with Gasteiger partial charge in [0.05, 0.1) is 16.6 Å². The summed E-state index contributed by atoms with van der Waals surface area (Å²) in [6, 6.07) is -0.531. The van der Waals surface area contributed by atoms with Gasteiger partial charge in [-0.1, -0.05) is 11.4 Å². The molecule has 3 N–H and O–H groups in total. The van der Waals surface area contributed by atoms with Crippen molar-refractivity contribution >= 4 is 11.5 Å². The average Bonchev–Trinajstić information content (AvgIpc) is 2.65. The van der Waals surface area contributed by atoms with Crippen molar-refractivity contribution in [3.05, 3.63) is 10.6 Å². The van der Waals surface area contributed by atoms with E-state index in [1.165, 1.54) is 0 Å². The second-order valence-electron chi connectivity index (χ2n) is 3.31. The van der Waals surface area contributed by atoms with Crippen molar-refractivity contribution in [3.63, 3.8) is 0 Å². The monoisotopic (exact) mass is 254 g/mol. The van der Waals surface area contributed by atoms with E-state index in [0.29, 0.717) is 17.0 Å². The van der Waals surface area contributed by atoms with Crippen LogP contribution in [0.5, 0.6) is 0 Å². The van der Waals surface area contributed by atoms with Crippen molar-refractivity contribution in [1.29, 1.82) is 0 Å². The Balaban J connectivity index is 2.67. The summed E-state index contributed by atoms with van der Waals surface area (Å²) in [6.45, 7) is 1.87. The number of aryl methyl sites for hydroxylation is 1. The highest BCUT2D eigenvalue weighted by molar-refractivity contribution is 7.05. The predicted octanol–water partition coefficient (Wildman–Crippen LogP) is 1.95. The molecule has 0 aliphatic heterocycles. The Kier molecular flexibility index (Phi) is 4.63. The highest BCUT2D eigenvalue weighted by Gasteiger charge is 2.29. The molecule has 0 aromatic carbocycles.